The van der Waals surface area contributed by atoms with Crippen molar-refractivity contribution in [2.75, 3.05) is 13.2 Å². The lowest BCUT2D eigenvalue weighted by Gasteiger charge is -2.19. The molecule has 138 valence electrons. The van der Waals surface area contributed by atoms with Crippen LogP contribution in [-0.4, -0.2) is 57.8 Å². The third-order valence-corrected chi connectivity index (χ3v) is 3.49. The molecule has 0 aliphatic rings. The molecule has 4 N–H and O–H groups in total. The molecule has 0 aliphatic heterocycles. The molecular weight excluding hydrogens is 344 g/mol. The van der Waals surface area contributed by atoms with E-state index in [1.807, 2.05) is 0 Å². The molecule has 2 rings (SSSR count). The minimum Gasteiger partial charge on any atom is -0.491 e. The Hall–Kier alpha value is -3.10. The SMILES string of the molecule is O=C(O)c1ccc(OC[C@H](O)[C@@H](O)COc2ccc(C(=O)O)cc2)cc1. The van der Waals surface area contributed by atoms with E-state index in [-0.39, 0.29) is 24.3 Å². The second-order valence-electron chi connectivity index (χ2n) is 5.42. The van der Waals surface area contributed by atoms with Gasteiger partial charge in [0.2, 0.25) is 0 Å². The van der Waals surface area contributed by atoms with Gasteiger partial charge in [0.15, 0.2) is 0 Å². The molecule has 0 radical (unpaired) electrons. The lowest BCUT2D eigenvalue weighted by atomic mass is 10.2. The minimum atomic E-state index is -1.23. The maximum Gasteiger partial charge on any atom is 0.335 e. The van der Waals surface area contributed by atoms with Gasteiger partial charge in [-0.1, -0.05) is 0 Å². The number of hydrogen-bond acceptors (Lipinski definition) is 6. The molecule has 8 nitrogen and oxygen atoms in total. The fourth-order valence-electron chi connectivity index (χ4n) is 1.97. The van der Waals surface area contributed by atoms with E-state index in [9.17, 15) is 19.8 Å². The predicted molar refractivity (Wildman–Crippen MR) is 89.8 cm³/mol. The molecule has 0 aliphatic carbocycles. The highest BCUT2D eigenvalue weighted by molar-refractivity contribution is 5.88. The van der Waals surface area contributed by atoms with Crippen molar-refractivity contribution in [1.29, 1.82) is 0 Å². The molecule has 0 saturated heterocycles. The fourth-order valence-corrected chi connectivity index (χ4v) is 1.97. The smallest absolute Gasteiger partial charge is 0.335 e. The van der Waals surface area contributed by atoms with Gasteiger partial charge in [0, 0.05) is 0 Å². The van der Waals surface area contributed by atoms with Gasteiger partial charge in [0.1, 0.15) is 36.9 Å². The van der Waals surface area contributed by atoms with Crippen molar-refractivity contribution in [3.05, 3.63) is 59.7 Å². The molecule has 0 spiro atoms. The second-order valence-corrected chi connectivity index (χ2v) is 5.42. The summed E-state index contributed by atoms with van der Waals surface area (Å²) in [4.78, 5) is 21.5. The van der Waals surface area contributed by atoms with Gasteiger partial charge in [0.05, 0.1) is 11.1 Å². The molecule has 0 saturated carbocycles. The average molecular weight is 362 g/mol. The average Bonchev–Trinajstić information content (AvgIpc) is 2.64. The zero-order valence-electron chi connectivity index (χ0n) is 13.6. The fraction of sp³-hybridized carbons (Fsp3) is 0.222. The zero-order chi connectivity index (χ0) is 19.1. The van der Waals surface area contributed by atoms with Gasteiger partial charge in [-0.2, -0.15) is 0 Å². The Bertz CT molecular complexity index is 673. The number of ether oxygens (including phenoxy) is 2. The molecule has 0 bridgehead atoms. The predicted octanol–water partition coefficient (Wildman–Crippen LogP) is 1.26. The molecule has 0 fully saturated rings. The number of aromatic carboxylic acids is 2. The summed E-state index contributed by atoms with van der Waals surface area (Å²) in [5, 5.41) is 37.4. The Morgan fingerprint density at radius 3 is 1.27 bits per heavy atom. The van der Waals surface area contributed by atoms with Crippen molar-refractivity contribution in [2.45, 2.75) is 12.2 Å². The summed E-state index contributed by atoms with van der Waals surface area (Å²) in [5.41, 5.74) is 0.223. The Labute approximate surface area is 148 Å². The Morgan fingerprint density at radius 1 is 0.692 bits per heavy atom. The van der Waals surface area contributed by atoms with E-state index in [1.165, 1.54) is 48.5 Å². The van der Waals surface area contributed by atoms with Crippen LogP contribution in [0.25, 0.3) is 0 Å². The number of aliphatic hydroxyl groups excluding tert-OH is 2. The Morgan fingerprint density at radius 2 is 1.00 bits per heavy atom. The number of hydrogen-bond donors (Lipinski definition) is 4. The highest BCUT2D eigenvalue weighted by Crippen LogP contribution is 2.15. The van der Waals surface area contributed by atoms with Crippen LogP contribution in [0.5, 0.6) is 11.5 Å². The molecule has 26 heavy (non-hydrogen) atoms. The van der Waals surface area contributed by atoms with Gasteiger partial charge in [-0.3, -0.25) is 0 Å². The van der Waals surface area contributed by atoms with Crippen LogP contribution in [0.3, 0.4) is 0 Å². The zero-order valence-corrected chi connectivity index (χ0v) is 13.6. The standard InChI is InChI=1S/C18H18O8/c19-15(9-25-13-5-1-11(2-6-13)17(21)22)16(20)10-26-14-7-3-12(4-8-14)18(23)24/h1-8,15-16,19-20H,9-10H2,(H,21,22)(H,23,24)/t15-,16-/m0/s1. The number of benzene rings is 2. The maximum atomic E-state index is 10.8. The van der Waals surface area contributed by atoms with Crippen LogP contribution < -0.4 is 9.47 Å². The third kappa shape index (κ3) is 5.47. The first-order chi connectivity index (χ1) is 12.4. The molecule has 2 aromatic carbocycles. The number of carboxylic acid groups (broad SMARTS) is 2. The van der Waals surface area contributed by atoms with Crippen LogP contribution in [0, 0.1) is 0 Å². The summed E-state index contributed by atoms with van der Waals surface area (Å²) in [5.74, 6) is -1.40. The van der Waals surface area contributed by atoms with E-state index in [1.54, 1.807) is 0 Å². The van der Waals surface area contributed by atoms with Crippen molar-refractivity contribution in [2.24, 2.45) is 0 Å². The van der Waals surface area contributed by atoms with Gasteiger partial charge >= 0.3 is 11.9 Å². The van der Waals surface area contributed by atoms with Crippen LogP contribution in [0.2, 0.25) is 0 Å². The summed E-state index contributed by atoms with van der Waals surface area (Å²) in [6, 6.07) is 11.3. The maximum absolute atomic E-state index is 10.8. The normalized spacial score (nSPS) is 12.8. The second kappa shape index (κ2) is 8.84. The quantitative estimate of drug-likeness (QED) is 0.524. The first-order valence-corrected chi connectivity index (χ1v) is 7.65. The van der Waals surface area contributed by atoms with Crippen molar-refractivity contribution in [3.63, 3.8) is 0 Å². The first-order valence-electron chi connectivity index (χ1n) is 7.65. The van der Waals surface area contributed by atoms with E-state index >= 15 is 0 Å². The van der Waals surface area contributed by atoms with Crippen molar-refractivity contribution >= 4 is 11.9 Å². The van der Waals surface area contributed by atoms with Crippen LogP contribution in [0.4, 0.5) is 0 Å². The van der Waals surface area contributed by atoms with Crippen LogP contribution in [-0.2, 0) is 0 Å². The van der Waals surface area contributed by atoms with Crippen molar-refractivity contribution in [1.82, 2.24) is 0 Å². The van der Waals surface area contributed by atoms with Crippen LogP contribution in [0.1, 0.15) is 20.7 Å². The number of carboxylic acids is 2. The van der Waals surface area contributed by atoms with Gasteiger partial charge < -0.3 is 29.9 Å². The molecular formula is C18H18O8. The van der Waals surface area contributed by atoms with Gasteiger partial charge in [0.25, 0.3) is 0 Å². The topological polar surface area (TPSA) is 134 Å². The summed E-state index contributed by atoms with van der Waals surface area (Å²) in [6.07, 6.45) is -2.46. The summed E-state index contributed by atoms with van der Waals surface area (Å²) in [7, 11) is 0. The van der Waals surface area contributed by atoms with E-state index < -0.39 is 24.1 Å². The monoisotopic (exact) mass is 362 g/mol. The van der Waals surface area contributed by atoms with Gasteiger partial charge in [-0.25, -0.2) is 9.59 Å². The van der Waals surface area contributed by atoms with Crippen LogP contribution >= 0.6 is 0 Å². The Balaban J connectivity index is 1.78. The first kappa shape index (κ1) is 19.2. The number of aliphatic hydroxyl groups is 2. The summed E-state index contributed by atoms with van der Waals surface area (Å²) < 4.78 is 10.6. The number of rotatable bonds is 9. The third-order valence-electron chi connectivity index (χ3n) is 3.49. The van der Waals surface area contributed by atoms with E-state index in [4.69, 9.17) is 19.7 Å². The van der Waals surface area contributed by atoms with E-state index in [2.05, 4.69) is 0 Å². The van der Waals surface area contributed by atoms with Gasteiger partial charge in [-0.05, 0) is 48.5 Å². The molecule has 0 heterocycles. The molecule has 0 unspecified atom stereocenters. The van der Waals surface area contributed by atoms with Crippen molar-refractivity contribution < 1.29 is 39.5 Å². The molecule has 0 amide bonds. The van der Waals surface area contributed by atoms with E-state index in [0.29, 0.717) is 11.5 Å². The lowest BCUT2D eigenvalue weighted by Crippen LogP contribution is -2.36. The molecule has 8 heteroatoms. The van der Waals surface area contributed by atoms with Crippen molar-refractivity contribution in [3.8, 4) is 11.5 Å². The highest BCUT2D eigenvalue weighted by atomic mass is 16.5. The molecule has 0 aromatic heterocycles. The largest absolute Gasteiger partial charge is 0.491 e. The summed E-state index contributed by atoms with van der Waals surface area (Å²) in [6.45, 7) is -0.427. The Kier molecular flexibility index (Phi) is 6.54. The summed E-state index contributed by atoms with van der Waals surface area (Å²) >= 11 is 0. The van der Waals surface area contributed by atoms with Crippen LogP contribution in [0.15, 0.2) is 48.5 Å². The lowest BCUT2D eigenvalue weighted by molar-refractivity contribution is -0.0288. The minimum absolute atomic E-state index is 0.111. The molecule has 2 atom stereocenters. The highest BCUT2D eigenvalue weighted by Gasteiger charge is 2.18. The van der Waals surface area contributed by atoms with Gasteiger partial charge in [-0.15, -0.1) is 0 Å². The molecule has 2 aromatic rings. The van der Waals surface area contributed by atoms with E-state index in [0.717, 1.165) is 0 Å². The number of carbonyl (C=O) groups is 2.